The molecule has 4 rings (SSSR count). The lowest BCUT2D eigenvalue weighted by atomic mass is 9.99. The molecule has 0 atom stereocenters. The minimum atomic E-state index is -4.68. The molecule has 10 heteroatoms. The molecule has 0 N–H and O–H groups in total. The lowest BCUT2D eigenvalue weighted by molar-refractivity contribution is -0.143. The van der Waals surface area contributed by atoms with Gasteiger partial charge < -0.3 is 0 Å². The van der Waals surface area contributed by atoms with Crippen LogP contribution in [0.1, 0.15) is 11.4 Å². The van der Waals surface area contributed by atoms with Crippen molar-refractivity contribution < 1.29 is 21.6 Å². The fraction of sp³-hybridized carbons (Fsp3) is 0.174. The number of rotatable bonds is 6. The summed E-state index contributed by atoms with van der Waals surface area (Å²) in [5, 5.41) is 4.33. The first-order valence-electron chi connectivity index (χ1n) is 9.93. The van der Waals surface area contributed by atoms with E-state index in [4.69, 9.17) is 0 Å². The van der Waals surface area contributed by atoms with Crippen LogP contribution in [0.5, 0.6) is 0 Å². The number of hydrogen-bond acceptors (Lipinski definition) is 5. The molecule has 0 amide bonds. The van der Waals surface area contributed by atoms with E-state index in [1.54, 1.807) is 24.4 Å². The molecule has 170 valence electrons. The van der Waals surface area contributed by atoms with Gasteiger partial charge in [0.25, 0.3) is 0 Å². The molecule has 3 heterocycles. The Morgan fingerprint density at radius 1 is 0.909 bits per heavy atom. The predicted molar refractivity (Wildman–Crippen MR) is 117 cm³/mol. The standard InChI is InChI=1S/C23H19F3N4O2S/c1-33(31,32)19-7-5-17(6-8-19)21-20(16-9-13-27-14-10-16)22(23(24,25)26)30(29-21)15-11-18-4-2-3-12-28-18/h2-10,12-14H,11,15H2,1H3. The van der Waals surface area contributed by atoms with Crippen molar-refractivity contribution in [2.75, 3.05) is 6.26 Å². The summed E-state index contributed by atoms with van der Waals surface area (Å²) in [6, 6.07) is 13.9. The van der Waals surface area contributed by atoms with Crippen LogP contribution in [0, 0.1) is 0 Å². The molecule has 0 saturated heterocycles. The second-order valence-electron chi connectivity index (χ2n) is 7.40. The fourth-order valence-electron chi connectivity index (χ4n) is 3.53. The zero-order valence-corrected chi connectivity index (χ0v) is 18.3. The largest absolute Gasteiger partial charge is 0.433 e. The average Bonchev–Trinajstić information content (AvgIpc) is 3.19. The predicted octanol–water partition coefficient (Wildman–Crippen LogP) is 4.67. The Hall–Kier alpha value is -3.53. The Balaban J connectivity index is 1.88. The Bertz CT molecular complexity index is 1350. The lowest BCUT2D eigenvalue weighted by Gasteiger charge is -2.13. The van der Waals surface area contributed by atoms with Crippen LogP contribution in [0.15, 0.2) is 78.1 Å². The molecule has 0 spiro atoms. The first-order valence-corrected chi connectivity index (χ1v) is 11.8. The van der Waals surface area contributed by atoms with Gasteiger partial charge >= 0.3 is 6.18 Å². The first kappa shape index (κ1) is 22.7. The third-order valence-corrected chi connectivity index (χ3v) is 6.18. The van der Waals surface area contributed by atoms with Crippen molar-refractivity contribution in [1.29, 1.82) is 0 Å². The van der Waals surface area contributed by atoms with Gasteiger partial charge in [0.1, 0.15) is 5.69 Å². The van der Waals surface area contributed by atoms with Crippen molar-refractivity contribution in [2.24, 2.45) is 0 Å². The zero-order valence-electron chi connectivity index (χ0n) is 17.5. The van der Waals surface area contributed by atoms with Crippen molar-refractivity contribution in [3.63, 3.8) is 0 Å². The SMILES string of the molecule is CS(=O)(=O)c1ccc(-c2nn(CCc3ccccn3)c(C(F)(F)F)c2-c2ccncc2)cc1. The number of benzene rings is 1. The van der Waals surface area contributed by atoms with Gasteiger partial charge in [0, 0.05) is 54.6 Å². The van der Waals surface area contributed by atoms with Crippen LogP contribution in [0.2, 0.25) is 0 Å². The number of aromatic nitrogens is 4. The van der Waals surface area contributed by atoms with Gasteiger partial charge in [-0.3, -0.25) is 14.6 Å². The summed E-state index contributed by atoms with van der Waals surface area (Å²) in [6.45, 7) is -0.0363. The molecule has 0 unspecified atom stereocenters. The summed E-state index contributed by atoms with van der Waals surface area (Å²) in [5.41, 5.74) is 0.463. The molecule has 0 aliphatic rings. The Morgan fingerprint density at radius 3 is 2.18 bits per heavy atom. The van der Waals surface area contributed by atoms with Gasteiger partial charge in [-0.25, -0.2) is 8.42 Å². The number of aryl methyl sites for hydroxylation is 2. The van der Waals surface area contributed by atoms with Gasteiger partial charge in [-0.2, -0.15) is 18.3 Å². The molecule has 0 aliphatic carbocycles. The summed E-state index contributed by atoms with van der Waals surface area (Å²) in [4.78, 5) is 8.15. The van der Waals surface area contributed by atoms with Crippen LogP contribution in [-0.4, -0.2) is 34.4 Å². The van der Waals surface area contributed by atoms with E-state index >= 15 is 0 Å². The molecular formula is C23H19F3N4O2S. The molecule has 0 saturated carbocycles. The maximum Gasteiger partial charge on any atom is 0.433 e. The van der Waals surface area contributed by atoms with Crippen molar-refractivity contribution in [1.82, 2.24) is 19.7 Å². The van der Waals surface area contributed by atoms with E-state index in [1.807, 2.05) is 0 Å². The summed E-state index contributed by atoms with van der Waals surface area (Å²) in [5.74, 6) is 0. The summed E-state index contributed by atoms with van der Waals surface area (Å²) < 4.78 is 67.4. The van der Waals surface area contributed by atoms with E-state index in [2.05, 4.69) is 15.1 Å². The van der Waals surface area contributed by atoms with E-state index in [0.717, 1.165) is 10.9 Å². The number of halogens is 3. The number of sulfone groups is 1. The van der Waals surface area contributed by atoms with Gasteiger partial charge in [-0.05, 0) is 42.0 Å². The van der Waals surface area contributed by atoms with Crippen LogP contribution in [0.25, 0.3) is 22.4 Å². The van der Waals surface area contributed by atoms with Crippen LogP contribution in [0.4, 0.5) is 13.2 Å². The molecule has 3 aromatic heterocycles. The average molecular weight is 472 g/mol. The van der Waals surface area contributed by atoms with Gasteiger partial charge in [0.15, 0.2) is 15.5 Å². The number of pyridine rings is 2. The molecule has 0 bridgehead atoms. The lowest BCUT2D eigenvalue weighted by Crippen LogP contribution is -2.17. The van der Waals surface area contributed by atoms with E-state index in [1.165, 1.54) is 48.8 Å². The monoisotopic (exact) mass is 472 g/mol. The fourth-order valence-corrected chi connectivity index (χ4v) is 4.16. The third kappa shape index (κ3) is 4.95. The zero-order chi connectivity index (χ0) is 23.6. The van der Waals surface area contributed by atoms with Crippen LogP contribution < -0.4 is 0 Å². The maximum atomic E-state index is 14.3. The molecule has 1 aromatic carbocycles. The quantitative estimate of drug-likeness (QED) is 0.408. The van der Waals surface area contributed by atoms with Crippen LogP contribution in [0.3, 0.4) is 0 Å². The summed E-state index contributed by atoms with van der Waals surface area (Å²) >= 11 is 0. The van der Waals surface area contributed by atoms with Crippen molar-refractivity contribution in [2.45, 2.75) is 24.0 Å². The van der Waals surface area contributed by atoms with E-state index in [9.17, 15) is 21.6 Å². The summed E-state index contributed by atoms with van der Waals surface area (Å²) in [7, 11) is -3.45. The number of nitrogens with zero attached hydrogens (tertiary/aromatic N) is 4. The second-order valence-corrected chi connectivity index (χ2v) is 9.41. The smallest absolute Gasteiger partial charge is 0.265 e. The molecule has 6 nitrogen and oxygen atoms in total. The minimum absolute atomic E-state index is 0.0363. The molecular weight excluding hydrogens is 453 g/mol. The highest BCUT2D eigenvalue weighted by Crippen LogP contribution is 2.42. The topological polar surface area (TPSA) is 77.7 Å². The highest BCUT2D eigenvalue weighted by atomic mass is 32.2. The third-order valence-electron chi connectivity index (χ3n) is 5.05. The highest BCUT2D eigenvalue weighted by Gasteiger charge is 2.40. The number of hydrogen-bond donors (Lipinski definition) is 0. The second kappa shape index (κ2) is 8.78. The van der Waals surface area contributed by atoms with E-state index in [-0.39, 0.29) is 29.1 Å². The van der Waals surface area contributed by atoms with Gasteiger partial charge in [0.05, 0.1) is 4.90 Å². The normalized spacial score (nSPS) is 12.1. The summed E-state index contributed by atoms with van der Waals surface area (Å²) in [6.07, 6.45) is 1.06. The van der Waals surface area contributed by atoms with E-state index in [0.29, 0.717) is 16.8 Å². The van der Waals surface area contributed by atoms with Crippen molar-refractivity contribution in [3.05, 3.63) is 84.6 Å². The molecule has 0 fully saturated rings. The van der Waals surface area contributed by atoms with Gasteiger partial charge in [-0.1, -0.05) is 18.2 Å². The van der Waals surface area contributed by atoms with Gasteiger partial charge in [0.2, 0.25) is 0 Å². The molecule has 0 radical (unpaired) electrons. The maximum absolute atomic E-state index is 14.3. The Kier molecular flexibility index (Phi) is 6.03. The first-order chi connectivity index (χ1) is 15.6. The molecule has 33 heavy (non-hydrogen) atoms. The van der Waals surface area contributed by atoms with Crippen molar-refractivity contribution in [3.8, 4) is 22.4 Å². The Morgan fingerprint density at radius 2 is 1.61 bits per heavy atom. The highest BCUT2D eigenvalue weighted by molar-refractivity contribution is 7.90. The van der Waals surface area contributed by atoms with Crippen molar-refractivity contribution >= 4 is 9.84 Å². The van der Waals surface area contributed by atoms with E-state index < -0.39 is 21.7 Å². The molecule has 4 aromatic rings. The van der Waals surface area contributed by atoms with Gasteiger partial charge in [-0.15, -0.1) is 0 Å². The minimum Gasteiger partial charge on any atom is -0.265 e. The van der Waals surface area contributed by atoms with Crippen LogP contribution >= 0.6 is 0 Å². The molecule has 0 aliphatic heterocycles. The van der Waals surface area contributed by atoms with Crippen LogP contribution in [-0.2, 0) is 29.0 Å². The Labute approximate surface area is 188 Å². The number of alkyl halides is 3.